The minimum atomic E-state index is -0.205. The van der Waals surface area contributed by atoms with E-state index in [1.54, 1.807) is 0 Å². The van der Waals surface area contributed by atoms with Gasteiger partial charge < -0.3 is 10.2 Å². The van der Waals surface area contributed by atoms with Crippen molar-refractivity contribution in [1.82, 2.24) is 9.97 Å². The normalized spacial score (nSPS) is 16.5. The van der Waals surface area contributed by atoms with Crippen LogP contribution in [0, 0.1) is 16.7 Å². The van der Waals surface area contributed by atoms with E-state index >= 15 is 0 Å². The Bertz CT molecular complexity index is 796. The molecule has 0 aliphatic carbocycles. The zero-order valence-corrected chi connectivity index (χ0v) is 16.8. The highest BCUT2D eigenvalue weighted by Crippen LogP contribution is 2.34. The Balaban J connectivity index is 1.85. The molecule has 1 saturated heterocycles. The van der Waals surface area contributed by atoms with Gasteiger partial charge in [0.05, 0.1) is 11.5 Å². The smallest absolute Gasteiger partial charge is 0.136 e. The molecule has 0 amide bonds. The van der Waals surface area contributed by atoms with Gasteiger partial charge in [-0.2, -0.15) is 5.26 Å². The molecule has 0 aromatic carbocycles. The van der Waals surface area contributed by atoms with E-state index in [0.717, 1.165) is 61.2 Å². The van der Waals surface area contributed by atoms with E-state index in [1.165, 1.54) is 12.8 Å². The topological polar surface area (TPSA) is 64.8 Å². The molecule has 0 unspecified atom stereocenters. The second-order valence-electron chi connectivity index (χ2n) is 8.00. The molecule has 1 aliphatic heterocycles. The average Bonchev–Trinajstić information content (AvgIpc) is 2.69. The number of nitrogens with one attached hydrogen (secondary N) is 1. The van der Waals surface area contributed by atoms with Gasteiger partial charge in [0, 0.05) is 42.3 Å². The molecule has 1 fully saturated rings. The number of pyridine rings is 2. The summed E-state index contributed by atoms with van der Waals surface area (Å²) in [5.41, 5.74) is -0.205. The number of fused-ring (bicyclic) bond motifs is 1. The third-order valence-electron chi connectivity index (χ3n) is 5.69. The number of hydrogen-bond acceptors (Lipinski definition) is 5. The second kappa shape index (κ2) is 8.56. The molecule has 0 saturated carbocycles. The van der Waals surface area contributed by atoms with Crippen molar-refractivity contribution in [3.8, 4) is 6.07 Å². The van der Waals surface area contributed by atoms with Gasteiger partial charge in [-0.05, 0) is 44.7 Å². The van der Waals surface area contributed by atoms with E-state index in [9.17, 15) is 5.26 Å². The van der Waals surface area contributed by atoms with Crippen LogP contribution in [0.15, 0.2) is 24.5 Å². The third-order valence-corrected chi connectivity index (χ3v) is 5.69. The standard InChI is InChI=1S/C22H31N5/c1-4-6-18(7-5-2)26-20-14-19-17(15-25-20)8-11-24-21(19)27-12-9-22(3,16-23)10-13-27/h8,11,14-15,18H,4-7,9-10,12-13H2,1-3H3,(H,25,26). The van der Waals surface area contributed by atoms with E-state index in [0.29, 0.717) is 6.04 Å². The van der Waals surface area contributed by atoms with Crippen LogP contribution in [0.3, 0.4) is 0 Å². The lowest BCUT2D eigenvalue weighted by Gasteiger charge is -2.36. The molecule has 0 radical (unpaired) electrons. The minimum absolute atomic E-state index is 0.205. The van der Waals surface area contributed by atoms with Gasteiger partial charge in [0.25, 0.3) is 0 Å². The molecule has 1 aliphatic rings. The number of nitrogens with zero attached hydrogens (tertiary/aromatic N) is 4. The van der Waals surface area contributed by atoms with Crippen molar-refractivity contribution in [2.24, 2.45) is 5.41 Å². The molecule has 1 N–H and O–H groups in total. The van der Waals surface area contributed by atoms with Crippen molar-refractivity contribution in [3.05, 3.63) is 24.5 Å². The summed E-state index contributed by atoms with van der Waals surface area (Å²) in [5, 5.41) is 15.3. The molecule has 5 nitrogen and oxygen atoms in total. The van der Waals surface area contributed by atoms with Crippen LogP contribution in [0.4, 0.5) is 11.6 Å². The fourth-order valence-electron chi connectivity index (χ4n) is 3.90. The largest absolute Gasteiger partial charge is 0.367 e. The van der Waals surface area contributed by atoms with E-state index in [4.69, 9.17) is 0 Å². The number of hydrogen-bond donors (Lipinski definition) is 1. The van der Waals surface area contributed by atoms with Gasteiger partial charge in [-0.25, -0.2) is 9.97 Å². The zero-order chi connectivity index (χ0) is 19.3. The molecule has 0 atom stereocenters. The van der Waals surface area contributed by atoms with Gasteiger partial charge in [-0.15, -0.1) is 0 Å². The number of aromatic nitrogens is 2. The van der Waals surface area contributed by atoms with Crippen molar-refractivity contribution in [3.63, 3.8) is 0 Å². The first-order valence-electron chi connectivity index (χ1n) is 10.3. The SMILES string of the molecule is CCCC(CCC)Nc1cc2c(N3CCC(C)(C#N)CC3)nccc2cn1. The highest BCUT2D eigenvalue weighted by molar-refractivity contribution is 5.93. The third kappa shape index (κ3) is 4.50. The summed E-state index contributed by atoms with van der Waals surface area (Å²) in [4.78, 5) is 11.6. The Morgan fingerprint density at radius 3 is 2.56 bits per heavy atom. The summed E-state index contributed by atoms with van der Waals surface area (Å²) in [7, 11) is 0. The van der Waals surface area contributed by atoms with Crippen molar-refractivity contribution in [1.29, 1.82) is 5.26 Å². The number of nitriles is 1. The summed E-state index contributed by atoms with van der Waals surface area (Å²) in [6.07, 6.45) is 10.2. The second-order valence-corrected chi connectivity index (χ2v) is 8.00. The first-order chi connectivity index (χ1) is 13.1. The van der Waals surface area contributed by atoms with E-state index in [2.05, 4.69) is 53.1 Å². The molecule has 144 valence electrons. The Morgan fingerprint density at radius 2 is 1.93 bits per heavy atom. The molecule has 5 heteroatoms. The fraction of sp³-hybridized carbons (Fsp3) is 0.591. The van der Waals surface area contributed by atoms with Crippen LogP contribution < -0.4 is 10.2 Å². The maximum Gasteiger partial charge on any atom is 0.136 e. The number of rotatable bonds is 7. The zero-order valence-electron chi connectivity index (χ0n) is 16.8. The van der Waals surface area contributed by atoms with Crippen LogP contribution in [0.25, 0.3) is 10.8 Å². The van der Waals surface area contributed by atoms with Gasteiger partial charge in [0.15, 0.2) is 0 Å². The Kier molecular flexibility index (Phi) is 6.15. The van der Waals surface area contributed by atoms with Gasteiger partial charge in [0.1, 0.15) is 11.6 Å². The molecular weight excluding hydrogens is 334 g/mol. The Labute approximate surface area is 162 Å². The molecule has 0 bridgehead atoms. The molecule has 3 heterocycles. The van der Waals surface area contributed by atoms with Gasteiger partial charge in [0.2, 0.25) is 0 Å². The first kappa shape index (κ1) is 19.4. The lowest BCUT2D eigenvalue weighted by molar-refractivity contribution is 0.336. The van der Waals surface area contributed by atoms with Crippen LogP contribution in [-0.4, -0.2) is 29.1 Å². The molecule has 0 spiro atoms. The highest BCUT2D eigenvalue weighted by Gasteiger charge is 2.30. The van der Waals surface area contributed by atoms with Crippen LogP contribution in [-0.2, 0) is 0 Å². The molecule has 2 aromatic heterocycles. The van der Waals surface area contributed by atoms with Crippen LogP contribution in [0.5, 0.6) is 0 Å². The predicted molar refractivity (Wildman–Crippen MR) is 112 cm³/mol. The van der Waals surface area contributed by atoms with E-state index in [-0.39, 0.29) is 5.41 Å². The molecule has 27 heavy (non-hydrogen) atoms. The minimum Gasteiger partial charge on any atom is -0.367 e. The maximum absolute atomic E-state index is 9.39. The van der Waals surface area contributed by atoms with Gasteiger partial charge in [-0.1, -0.05) is 26.7 Å². The monoisotopic (exact) mass is 365 g/mol. The van der Waals surface area contributed by atoms with E-state index < -0.39 is 0 Å². The highest BCUT2D eigenvalue weighted by atomic mass is 15.2. The number of anilines is 2. The Morgan fingerprint density at radius 1 is 1.22 bits per heavy atom. The van der Waals surface area contributed by atoms with Crippen molar-refractivity contribution in [2.75, 3.05) is 23.3 Å². The predicted octanol–water partition coefficient (Wildman–Crippen LogP) is 5.14. The lowest BCUT2D eigenvalue weighted by atomic mass is 9.82. The van der Waals surface area contributed by atoms with Gasteiger partial charge in [-0.3, -0.25) is 0 Å². The first-order valence-corrected chi connectivity index (χ1v) is 10.3. The van der Waals surface area contributed by atoms with Crippen LogP contribution in [0.2, 0.25) is 0 Å². The Hall–Kier alpha value is -2.35. The van der Waals surface area contributed by atoms with Crippen LogP contribution >= 0.6 is 0 Å². The molecule has 3 rings (SSSR count). The van der Waals surface area contributed by atoms with E-state index in [1.807, 2.05) is 18.5 Å². The summed E-state index contributed by atoms with van der Waals surface area (Å²) < 4.78 is 0. The van der Waals surface area contributed by atoms with Gasteiger partial charge >= 0.3 is 0 Å². The van der Waals surface area contributed by atoms with Crippen LogP contribution in [0.1, 0.15) is 59.3 Å². The lowest BCUT2D eigenvalue weighted by Crippen LogP contribution is -2.38. The summed E-state index contributed by atoms with van der Waals surface area (Å²) in [5.74, 6) is 1.95. The number of piperidine rings is 1. The average molecular weight is 366 g/mol. The maximum atomic E-state index is 9.39. The quantitative estimate of drug-likeness (QED) is 0.736. The summed E-state index contributed by atoms with van der Waals surface area (Å²) in [6, 6.07) is 7.12. The fourth-order valence-corrected chi connectivity index (χ4v) is 3.90. The summed E-state index contributed by atoms with van der Waals surface area (Å²) >= 11 is 0. The molecular formula is C22H31N5. The molecule has 2 aromatic rings. The summed E-state index contributed by atoms with van der Waals surface area (Å²) in [6.45, 7) is 8.26. The van der Waals surface area contributed by atoms with Crippen molar-refractivity contribution >= 4 is 22.4 Å². The van der Waals surface area contributed by atoms with Crippen molar-refractivity contribution < 1.29 is 0 Å². The van der Waals surface area contributed by atoms with Crippen molar-refractivity contribution in [2.45, 2.75) is 65.3 Å².